The number of aliphatic hydroxyl groups is 2. The van der Waals surface area contributed by atoms with Gasteiger partial charge in [-0.25, -0.2) is 0 Å². The molecule has 0 amide bonds. The van der Waals surface area contributed by atoms with E-state index in [1.807, 2.05) is 0 Å². The normalized spacial score (nSPS) is 16.5. The van der Waals surface area contributed by atoms with Crippen LogP contribution in [-0.4, -0.2) is 16.3 Å². The van der Waals surface area contributed by atoms with Crippen molar-refractivity contribution in [2.75, 3.05) is 0 Å². The van der Waals surface area contributed by atoms with Crippen molar-refractivity contribution in [2.24, 2.45) is 5.92 Å². The van der Waals surface area contributed by atoms with Gasteiger partial charge in [-0.1, -0.05) is 18.7 Å². The summed E-state index contributed by atoms with van der Waals surface area (Å²) in [6, 6.07) is 2.07. The average molecular weight is 379 g/mol. The van der Waals surface area contributed by atoms with Crippen molar-refractivity contribution in [3.63, 3.8) is 0 Å². The molecule has 26 heavy (non-hydrogen) atoms. The summed E-state index contributed by atoms with van der Waals surface area (Å²) in [5, 5.41) is 29.4. The molecule has 0 spiro atoms. The minimum atomic E-state index is -5.09. The standard InChI is InChI=1S/C17H15F6NO2/c1-3-9(4-2)14(25)13(8-24)15(26)10-5-11(16(18,19)20)7-12(6-10)17(21,22)23/h3-7,13-15,25-26H,1H2,2H3/b9-4+. The highest BCUT2D eigenvalue weighted by atomic mass is 19.4. The lowest BCUT2D eigenvalue weighted by atomic mass is 9.87. The summed E-state index contributed by atoms with van der Waals surface area (Å²) in [6.45, 7) is 4.86. The van der Waals surface area contributed by atoms with Gasteiger partial charge in [0.05, 0.1) is 29.4 Å². The highest BCUT2D eigenvalue weighted by Crippen LogP contribution is 2.39. The summed E-state index contributed by atoms with van der Waals surface area (Å²) in [5.41, 5.74) is -3.93. The molecule has 1 aromatic rings. The van der Waals surface area contributed by atoms with Crippen molar-refractivity contribution in [3.05, 3.63) is 59.2 Å². The molecule has 142 valence electrons. The van der Waals surface area contributed by atoms with Crippen LogP contribution >= 0.6 is 0 Å². The number of aliphatic hydroxyl groups excluding tert-OH is 2. The van der Waals surface area contributed by atoms with Crippen molar-refractivity contribution >= 4 is 0 Å². The SMILES string of the molecule is C=C/C(=C\C)C(O)C(C#N)C(O)c1cc(C(F)(F)F)cc(C(F)(F)F)c1. The Labute approximate surface area is 145 Å². The van der Waals surface area contributed by atoms with Crippen molar-refractivity contribution < 1.29 is 36.6 Å². The Bertz CT molecular complexity index is 698. The number of hydrogen-bond donors (Lipinski definition) is 2. The molecule has 3 unspecified atom stereocenters. The first-order chi connectivity index (χ1) is 11.9. The predicted molar refractivity (Wildman–Crippen MR) is 80.5 cm³/mol. The predicted octanol–water partition coefficient (Wildman–Crippen LogP) is 4.39. The second-order valence-corrected chi connectivity index (χ2v) is 5.38. The van der Waals surface area contributed by atoms with E-state index in [1.165, 1.54) is 19.1 Å². The molecule has 0 heterocycles. The molecule has 0 aliphatic rings. The number of benzene rings is 1. The monoisotopic (exact) mass is 379 g/mol. The Morgan fingerprint density at radius 2 is 1.54 bits per heavy atom. The van der Waals surface area contributed by atoms with Gasteiger partial charge in [0.25, 0.3) is 0 Å². The van der Waals surface area contributed by atoms with E-state index in [0.717, 1.165) is 6.08 Å². The van der Waals surface area contributed by atoms with E-state index >= 15 is 0 Å². The van der Waals surface area contributed by atoms with Crippen LogP contribution in [-0.2, 0) is 12.4 Å². The molecule has 1 aromatic carbocycles. The first-order valence-electron chi connectivity index (χ1n) is 7.20. The number of nitrogens with zero attached hydrogens (tertiary/aromatic N) is 1. The number of allylic oxidation sites excluding steroid dienone is 1. The Balaban J connectivity index is 3.48. The van der Waals surface area contributed by atoms with Crippen LogP contribution in [0.5, 0.6) is 0 Å². The van der Waals surface area contributed by atoms with Gasteiger partial charge < -0.3 is 10.2 Å². The number of rotatable bonds is 5. The van der Waals surface area contributed by atoms with Gasteiger partial charge >= 0.3 is 12.4 Å². The van der Waals surface area contributed by atoms with Gasteiger partial charge in [0.1, 0.15) is 5.92 Å². The van der Waals surface area contributed by atoms with Crippen LogP contribution < -0.4 is 0 Å². The fourth-order valence-corrected chi connectivity index (χ4v) is 2.29. The van der Waals surface area contributed by atoms with Crippen molar-refractivity contribution in [3.8, 4) is 6.07 Å². The van der Waals surface area contributed by atoms with Crippen LogP contribution in [0, 0.1) is 17.2 Å². The van der Waals surface area contributed by atoms with Gasteiger partial charge in [0.2, 0.25) is 0 Å². The lowest BCUT2D eigenvalue weighted by molar-refractivity contribution is -0.143. The maximum absolute atomic E-state index is 12.9. The Kier molecular flexibility index (Phi) is 6.63. The zero-order valence-corrected chi connectivity index (χ0v) is 13.4. The molecule has 0 fully saturated rings. The lowest BCUT2D eigenvalue weighted by Gasteiger charge is -2.24. The van der Waals surface area contributed by atoms with Crippen molar-refractivity contribution in [2.45, 2.75) is 31.5 Å². The zero-order chi connectivity index (χ0) is 20.3. The zero-order valence-electron chi connectivity index (χ0n) is 13.4. The van der Waals surface area contributed by atoms with Crippen LogP contribution in [0.4, 0.5) is 26.3 Å². The third-order valence-electron chi connectivity index (χ3n) is 3.69. The number of halogens is 6. The van der Waals surface area contributed by atoms with Gasteiger partial charge in [0.15, 0.2) is 0 Å². The Hall–Kier alpha value is -2.31. The first-order valence-corrected chi connectivity index (χ1v) is 7.20. The van der Waals surface area contributed by atoms with E-state index in [2.05, 4.69) is 6.58 Å². The second kappa shape index (κ2) is 7.93. The van der Waals surface area contributed by atoms with E-state index < -0.39 is 47.2 Å². The van der Waals surface area contributed by atoms with E-state index in [9.17, 15) is 36.6 Å². The molecule has 0 saturated carbocycles. The molecule has 0 aliphatic heterocycles. The topological polar surface area (TPSA) is 64.2 Å². The van der Waals surface area contributed by atoms with Gasteiger partial charge in [0, 0.05) is 0 Å². The maximum atomic E-state index is 12.9. The molecule has 3 nitrogen and oxygen atoms in total. The highest BCUT2D eigenvalue weighted by Gasteiger charge is 2.39. The van der Waals surface area contributed by atoms with Gasteiger partial charge in [-0.3, -0.25) is 0 Å². The molecule has 0 radical (unpaired) electrons. The molecular formula is C17H15F6NO2. The van der Waals surface area contributed by atoms with Crippen LogP contribution in [0.25, 0.3) is 0 Å². The Morgan fingerprint density at radius 1 is 1.08 bits per heavy atom. The maximum Gasteiger partial charge on any atom is 0.416 e. The third-order valence-corrected chi connectivity index (χ3v) is 3.69. The number of nitriles is 1. The van der Waals surface area contributed by atoms with E-state index in [4.69, 9.17) is 5.26 Å². The van der Waals surface area contributed by atoms with Gasteiger partial charge in [-0.05, 0) is 36.3 Å². The van der Waals surface area contributed by atoms with E-state index in [-0.39, 0.29) is 11.6 Å². The molecule has 1 rings (SSSR count). The fourth-order valence-electron chi connectivity index (χ4n) is 2.29. The summed E-state index contributed by atoms with van der Waals surface area (Å²) in [7, 11) is 0. The smallest absolute Gasteiger partial charge is 0.387 e. The summed E-state index contributed by atoms with van der Waals surface area (Å²) in [6.07, 6.45) is -11.4. The second-order valence-electron chi connectivity index (χ2n) is 5.38. The van der Waals surface area contributed by atoms with Crippen molar-refractivity contribution in [1.29, 1.82) is 5.26 Å². The van der Waals surface area contributed by atoms with Crippen molar-refractivity contribution in [1.82, 2.24) is 0 Å². The average Bonchev–Trinajstić information content (AvgIpc) is 2.54. The summed E-state index contributed by atoms with van der Waals surface area (Å²) >= 11 is 0. The molecule has 2 N–H and O–H groups in total. The van der Waals surface area contributed by atoms with Gasteiger partial charge in [-0.2, -0.15) is 31.6 Å². The lowest BCUT2D eigenvalue weighted by Crippen LogP contribution is -2.27. The molecule has 9 heteroatoms. The molecule has 0 aromatic heterocycles. The van der Waals surface area contributed by atoms with Crippen LogP contribution in [0.2, 0.25) is 0 Å². The van der Waals surface area contributed by atoms with Crippen LogP contribution in [0.1, 0.15) is 29.7 Å². The quantitative estimate of drug-likeness (QED) is 0.589. The summed E-state index contributed by atoms with van der Waals surface area (Å²) < 4.78 is 77.4. The molecule has 0 saturated heterocycles. The molecule has 0 aliphatic carbocycles. The third kappa shape index (κ3) is 4.86. The van der Waals surface area contributed by atoms with E-state index in [0.29, 0.717) is 12.1 Å². The van der Waals surface area contributed by atoms with Crippen LogP contribution in [0.3, 0.4) is 0 Å². The van der Waals surface area contributed by atoms with E-state index in [1.54, 1.807) is 0 Å². The minimum absolute atomic E-state index is 0.0881. The summed E-state index contributed by atoms with van der Waals surface area (Å²) in [4.78, 5) is 0. The largest absolute Gasteiger partial charge is 0.416 e. The van der Waals surface area contributed by atoms with Crippen LogP contribution in [0.15, 0.2) is 42.5 Å². The highest BCUT2D eigenvalue weighted by molar-refractivity contribution is 5.36. The molecular weight excluding hydrogens is 364 g/mol. The molecule has 0 bridgehead atoms. The summed E-state index contributed by atoms with van der Waals surface area (Å²) in [5.74, 6) is -1.70. The molecule has 3 atom stereocenters. The first kappa shape index (κ1) is 21.7. The Morgan fingerprint density at radius 3 is 1.85 bits per heavy atom. The van der Waals surface area contributed by atoms with Gasteiger partial charge in [-0.15, -0.1) is 0 Å². The number of alkyl halides is 6. The minimum Gasteiger partial charge on any atom is -0.387 e. The number of hydrogen-bond acceptors (Lipinski definition) is 3. The fraction of sp³-hybridized carbons (Fsp3) is 0.353.